The molecule has 18 heavy (non-hydrogen) atoms. The quantitative estimate of drug-likeness (QED) is 0.749. The Kier molecular flexibility index (Phi) is 3.12. The Hall–Kier alpha value is -1.13. The Balaban J connectivity index is 2.32. The summed E-state index contributed by atoms with van der Waals surface area (Å²) in [6.45, 7) is 11.4. The fourth-order valence-electron chi connectivity index (χ4n) is 1.83. The van der Waals surface area contributed by atoms with E-state index in [0.717, 1.165) is 5.56 Å². The van der Waals surface area contributed by atoms with Gasteiger partial charge in [-0.1, -0.05) is 24.8 Å². The van der Waals surface area contributed by atoms with E-state index in [4.69, 9.17) is 9.31 Å². The summed E-state index contributed by atoms with van der Waals surface area (Å²) < 4.78 is 25.6. The smallest absolute Gasteiger partial charge is 0.399 e. The summed E-state index contributed by atoms with van der Waals surface area (Å²) in [5.41, 5.74) is 0.259. The molecule has 0 aromatic heterocycles. The van der Waals surface area contributed by atoms with Crippen LogP contribution in [0.25, 0.3) is 6.08 Å². The number of hydrogen-bond donors (Lipinski definition) is 0. The topological polar surface area (TPSA) is 18.5 Å². The molecule has 1 saturated heterocycles. The molecule has 0 amide bonds. The minimum absolute atomic E-state index is 0.328. The zero-order valence-corrected chi connectivity index (χ0v) is 11.3. The lowest BCUT2D eigenvalue weighted by molar-refractivity contribution is 0.00578. The lowest BCUT2D eigenvalue weighted by Crippen LogP contribution is -2.41. The Morgan fingerprint density at radius 1 is 1.17 bits per heavy atom. The highest BCUT2D eigenvalue weighted by molar-refractivity contribution is 6.62. The van der Waals surface area contributed by atoms with Crippen LogP contribution in [0.2, 0.25) is 0 Å². The van der Waals surface area contributed by atoms with Gasteiger partial charge in [0.1, 0.15) is 5.82 Å². The predicted molar refractivity (Wildman–Crippen MR) is 72.2 cm³/mol. The van der Waals surface area contributed by atoms with Gasteiger partial charge in [-0.15, -0.1) is 0 Å². The van der Waals surface area contributed by atoms with Crippen molar-refractivity contribution >= 4 is 18.7 Å². The second-order valence-electron chi connectivity index (χ2n) is 5.57. The summed E-state index contributed by atoms with van der Waals surface area (Å²) in [4.78, 5) is 0. The molecule has 1 aromatic rings. The predicted octanol–water partition coefficient (Wildman–Crippen LogP) is 2.77. The molecule has 1 fully saturated rings. The highest BCUT2D eigenvalue weighted by Gasteiger charge is 2.52. The summed E-state index contributed by atoms with van der Waals surface area (Å²) in [5, 5.41) is 0. The summed E-state index contributed by atoms with van der Waals surface area (Å²) in [6, 6.07) is 4.93. The van der Waals surface area contributed by atoms with Gasteiger partial charge in [-0.2, -0.15) is 0 Å². The minimum Gasteiger partial charge on any atom is -0.399 e. The van der Waals surface area contributed by atoms with Crippen molar-refractivity contribution in [1.29, 1.82) is 0 Å². The maximum Gasteiger partial charge on any atom is 0.497 e. The molecule has 0 spiro atoms. The second-order valence-corrected chi connectivity index (χ2v) is 5.57. The average molecular weight is 248 g/mol. The molecule has 1 heterocycles. The van der Waals surface area contributed by atoms with Crippen LogP contribution in [-0.4, -0.2) is 18.3 Å². The van der Waals surface area contributed by atoms with Crippen molar-refractivity contribution in [3.63, 3.8) is 0 Å². The van der Waals surface area contributed by atoms with Gasteiger partial charge < -0.3 is 9.31 Å². The molecule has 1 aromatic carbocycles. The molecular formula is C14H18BFO2. The van der Waals surface area contributed by atoms with E-state index in [1.807, 2.05) is 27.7 Å². The maximum absolute atomic E-state index is 14.0. The number of rotatable bonds is 2. The van der Waals surface area contributed by atoms with Gasteiger partial charge in [0.15, 0.2) is 0 Å². The van der Waals surface area contributed by atoms with Gasteiger partial charge in [-0.3, -0.25) is 0 Å². The van der Waals surface area contributed by atoms with Crippen LogP contribution in [0.1, 0.15) is 33.3 Å². The van der Waals surface area contributed by atoms with Gasteiger partial charge in [-0.25, -0.2) is 4.39 Å². The Morgan fingerprint density at radius 3 is 2.17 bits per heavy atom. The van der Waals surface area contributed by atoms with Gasteiger partial charge in [0.2, 0.25) is 0 Å². The standard InChI is InChI=1S/C14H18BFO2/c1-6-10-7-8-11(12(16)9-10)15-17-13(2,3)14(4,5)18-15/h6-9H,1H2,2-5H3. The fraction of sp³-hybridized carbons (Fsp3) is 0.429. The summed E-state index contributed by atoms with van der Waals surface area (Å²) >= 11 is 0. The monoisotopic (exact) mass is 248 g/mol. The zero-order valence-electron chi connectivity index (χ0n) is 11.3. The van der Waals surface area contributed by atoms with Crippen molar-refractivity contribution < 1.29 is 13.7 Å². The van der Waals surface area contributed by atoms with Gasteiger partial charge in [0, 0.05) is 5.46 Å². The van der Waals surface area contributed by atoms with Crippen LogP contribution in [-0.2, 0) is 9.31 Å². The first-order chi connectivity index (χ1) is 8.27. The van der Waals surface area contributed by atoms with E-state index in [2.05, 4.69) is 6.58 Å². The fourth-order valence-corrected chi connectivity index (χ4v) is 1.83. The van der Waals surface area contributed by atoms with E-state index < -0.39 is 18.3 Å². The first-order valence-corrected chi connectivity index (χ1v) is 6.04. The third-order valence-electron chi connectivity index (χ3n) is 3.77. The van der Waals surface area contributed by atoms with E-state index in [-0.39, 0.29) is 5.82 Å². The van der Waals surface area contributed by atoms with Gasteiger partial charge in [-0.05, 0) is 39.3 Å². The minimum atomic E-state index is -0.658. The highest BCUT2D eigenvalue weighted by atomic mass is 19.1. The maximum atomic E-state index is 14.0. The third-order valence-corrected chi connectivity index (χ3v) is 3.77. The number of hydrogen-bond acceptors (Lipinski definition) is 2. The Morgan fingerprint density at radius 2 is 1.72 bits per heavy atom. The summed E-state index contributed by atoms with van der Waals surface area (Å²) in [5.74, 6) is -0.328. The molecule has 0 bridgehead atoms. The molecule has 0 unspecified atom stereocenters. The molecule has 0 N–H and O–H groups in total. The van der Waals surface area contributed by atoms with E-state index in [9.17, 15) is 4.39 Å². The van der Waals surface area contributed by atoms with Crippen LogP contribution in [0.5, 0.6) is 0 Å². The summed E-state index contributed by atoms with van der Waals surface area (Å²) in [6.07, 6.45) is 1.61. The van der Waals surface area contributed by atoms with Crippen molar-refractivity contribution in [3.05, 3.63) is 36.2 Å². The largest absolute Gasteiger partial charge is 0.497 e. The van der Waals surface area contributed by atoms with Crippen molar-refractivity contribution in [3.8, 4) is 0 Å². The van der Waals surface area contributed by atoms with Crippen molar-refractivity contribution in [2.45, 2.75) is 38.9 Å². The SMILES string of the molecule is C=Cc1ccc(B2OC(C)(C)C(C)(C)O2)c(F)c1. The Bertz CT molecular complexity index is 467. The van der Waals surface area contributed by atoms with E-state index in [0.29, 0.717) is 5.46 Å². The molecule has 1 aliphatic heterocycles. The van der Waals surface area contributed by atoms with Crippen LogP contribution < -0.4 is 5.46 Å². The Labute approximate surface area is 108 Å². The first-order valence-electron chi connectivity index (χ1n) is 6.04. The van der Waals surface area contributed by atoms with E-state index in [1.165, 1.54) is 6.07 Å². The van der Waals surface area contributed by atoms with Crippen LogP contribution in [0.4, 0.5) is 4.39 Å². The van der Waals surface area contributed by atoms with E-state index in [1.54, 1.807) is 18.2 Å². The van der Waals surface area contributed by atoms with Crippen molar-refractivity contribution in [2.75, 3.05) is 0 Å². The molecule has 0 atom stereocenters. The molecule has 2 rings (SSSR count). The van der Waals surface area contributed by atoms with Crippen LogP contribution >= 0.6 is 0 Å². The second kappa shape index (κ2) is 4.21. The van der Waals surface area contributed by atoms with Gasteiger partial charge >= 0.3 is 7.12 Å². The molecule has 1 aliphatic rings. The molecule has 2 nitrogen and oxygen atoms in total. The number of benzene rings is 1. The van der Waals surface area contributed by atoms with Crippen molar-refractivity contribution in [2.24, 2.45) is 0 Å². The first kappa shape index (κ1) is 13.3. The molecular weight excluding hydrogens is 230 g/mol. The van der Waals surface area contributed by atoms with Crippen LogP contribution in [0, 0.1) is 5.82 Å². The molecule has 4 heteroatoms. The average Bonchev–Trinajstić information content (AvgIpc) is 2.47. The van der Waals surface area contributed by atoms with E-state index >= 15 is 0 Å². The zero-order chi connectivity index (χ0) is 13.6. The van der Waals surface area contributed by atoms with Gasteiger partial charge in [0.05, 0.1) is 11.2 Å². The van der Waals surface area contributed by atoms with Crippen molar-refractivity contribution in [1.82, 2.24) is 0 Å². The molecule has 0 saturated carbocycles. The summed E-state index contributed by atoms with van der Waals surface area (Å²) in [7, 11) is -0.658. The van der Waals surface area contributed by atoms with Crippen LogP contribution in [0.15, 0.2) is 24.8 Å². The number of halogens is 1. The van der Waals surface area contributed by atoms with Gasteiger partial charge in [0.25, 0.3) is 0 Å². The molecule has 96 valence electrons. The molecule has 0 radical (unpaired) electrons. The normalized spacial score (nSPS) is 21.1. The highest BCUT2D eigenvalue weighted by Crippen LogP contribution is 2.36. The molecule has 0 aliphatic carbocycles. The van der Waals surface area contributed by atoms with Crippen LogP contribution in [0.3, 0.4) is 0 Å². The third kappa shape index (κ3) is 2.11. The lowest BCUT2D eigenvalue weighted by atomic mass is 9.78. The lowest BCUT2D eigenvalue weighted by Gasteiger charge is -2.32.